The highest BCUT2D eigenvalue weighted by Gasteiger charge is 2.25. The van der Waals surface area contributed by atoms with Crippen molar-refractivity contribution in [2.24, 2.45) is 7.05 Å². The van der Waals surface area contributed by atoms with Gasteiger partial charge >= 0.3 is 0 Å². The first kappa shape index (κ1) is 20.9. The third-order valence-corrected chi connectivity index (χ3v) is 6.81. The van der Waals surface area contributed by atoms with Crippen LogP contribution in [0.3, 0.4) is 0 Å². The first-order valence-corrected chi connectivity index (χ1v) is 11.4. The number of piperazine rings is 1. The minimum Gasteiger partial charge on any atom is -0.469 e. The molecular formula is C20H28N6O3S. The summed E-state index contributed by atoms with van der Waals surface area (Å²) >= 11 is 1.39. The number of likely N-dealkylation sites (tertiary alicyclic amines) is 1. The van der Waals surface area contributed by atoms with E-state index in [1.807, 2.05) is 34.4 Å². The third-order valence-electron chi connectivity index (χ3n) is 5.80. The lowest BCUT2D eigenvalue weighted by Crippen LogP contribution is -2.51. The molecule has 0 atom stereocenters. The largest absolute Gasteiger partial charge is 0.469 e. The van der Waals surface area contributed by atoms with E-state index in [1.165, 1.54) is 11.8 Å². The van der Waals surface area contributed by atoms with Crippen LogP contribution in [0, 0.1) is 6.92 Å². The number of furan rings is 1. The van der Waals surface area contributed by atoms with Crippen LogP contribution >= 0.6 is 11.8 Å². The van der Waals surface area contributed by atoms with Gasteiger partial charge in [-0.1, -0.05) is 11.8 Å². The van der Waals surface area contributed by atoms with Crippen molar-refractivity contribution in [1.82, 2.24) is 29.5 Å². The molecular weight excluding hydrogens is 404 g/mol. The van der Waals surface area contributed by atoms with Gasteiger partial charge in [0.1, 0.15) is 5.76 Å². The Balaban J connectivity index is 1.24. The lowest BCUT2D eigenvalue weighted by atomic mass is 10.2. The Kier molecular flexibility index (Phi) is 6.43. The maximum atomic E-state index is 12.6. The van der Waals surface area contributed by atoms with Gasteiger partial charge in [0.15, 0.2) is 11.0 Å². The number of carbonyl (C=O) groups excluding carboxylic acids is 2. The molecule has 4 rings (SSSR count). The molecule has 0 bridgehead atoms. The van der Waals surface area contributed by atoms with Gasteiger partial charge in [-0.05, 0) is 25.8 Å². The van der Waals surface area contributed by atoms with E-state index in [4.69, 9.17) is 4.42 Å². The predicted octanol–water partition coefficient (Wildman–Crippen LogP) is 1.24. The Labute approximate surface area is 180 Å². The van der Waals surface area contributed by atoms with Gasteiger partial charge in [-0.15, -0.1) is 10.2 Å². The molecule has 2 fully saturated rings. The van der Waals surface area contributed by atoms with Crippen molar-refractivity contribution >= 4 is 23.6 Å². The van der Waals surface area contributed by atoms with Crippen LogP contribution in [-0.2, 0) is 16.6 Å². The van der Waals surface area contributed by atoms with Crippen molar-refractivity contribution in [3.05, 3.63) is 18.1 Å². The van der Waals surface area contributed by atoms with Gasteiger partial charge in [0, 0.05) is 46.3 Å². The summed E-state index contributed by atoms with van der Waals surface area (Å²) in [6, 6.07) is 1.87. The molecule has 2 aromatic rings. The summed E-state index contributed by atoms with van der Waals surface area (Å²) in [6.45, 7) is 6.92. The van der Waals surface area contributed by atoms with Crippen LogP contribution in [-0.4, -0.2) is 92.8 Å². The Hall–Kier alpha value is -2.33. The average Bonchev–Trinajstić information content (AvgIpc) is 3.49. The monoisotopic (exact) mass is 432 g/mol. The number of hydrogen-bond acceptors (Lipinski definition) is 7. The first-order valence-electron chi connectivity index (χ1n) is 10.4. The summed E-state index contributed by atoms with van der Waals surface area (Å²) in [5.74, 6) is 2.15. The highest BCUT2D eigenvalue weighted by atomic mass is 32.2. The Bertz CT molecular complexity index is 896. The molecule has 0 spiro atoms. The molecule has 0 N–H and O–H groups in total. The molecule has 0 saturated carbocycles. The normalized spacial score (nSPS) is 17.7. The van der Waals surface area contributed by atoms with Crippen molar-refractivity contribution < 1.29 is 14.0 Å². The van der Waals surface area contributed by atoms with E-state index in [1.54, 1.807) is 6.26 Å². The number of amides is 2. The quantitative estimate of drug-likeness (QED) is 0.635. The molecule has 2 amide bonds. The van der Waals surface area contributed by atoms with Crippen LogP contribution in [0.15, 0.2) is 21.9 Å². The van der Waals surface area contributed by atoms with Crippen LogP contribution < -0.4 is 0 Å². The molecule has 162 valence electrons. The molecule has 10 heteroatoms. The predicted molar refractivity (Wildman–Crippen MR) is 113 cm³/mol. The van der Waals surface area contributed by atoms with Crippen molar-refractivity contribution in [1.29, 1.82) is 0 Å². The van der Waals surface area contributed by atoms with Crippen LogP contribution in [0.2, 0.25) is 0 Å². The highest BCUT2D eigenvalue weighted by molar-refractivity contribution is 7.99. The fourth-order valence-electron chi connectivity index (χ4n) is 3.92. The number of rotatable bonds is 6. The fourth-order valence-corrected chi connectivity index (χ4v) is 4.74. The maximum absolute atomic E-state index is 12.6. The number of carbonyl (C=O) groups is 2. The fraction of sp³-hybridized carbons (Fsp3) is 0.600. The van der Waals surface area contributed by atoms with Crippen molar-refractivity contribution in [2.45, 2.75) is 24.9 Å². The topological polar surface area (TPSA) is 87.7 Å². The van der Waals surface area contributed by atoms with E-state index in [9.17, 15) is 9.59 Å². The maximum Gasteiger partial charge on any atom is 0.236 e. The molecule has 30 heavy (non-hydrogen) atoms. The lowest BCUT2D eigenvalue weighted by Gasteiger charge is -2.35. The summed E-state index contributed by atoms with van der Waals surface area (Å²) in [6.07, 6.45) is 3.86. The molecule has 0 radical (unpaired) electrons. The molecule has 2 saturated heterocycles. The number of nitrogens with zero attached hydrogens (tertiary/aromatic N) is 6. The van der Waals surface area contributed by atoms with Gasteiger partial charge in [0.25, 0.3) is 0 Å². The molecule has 2 aliphatic rings. The zero-order valence-electron chi connectivity index (χ0n) is 17.5. The van der Waals surface area contributed by atoms with E-state index in [2.05, 4.69) is 15.1 Å². The second kappa shape index (κ2) is 9.22. The van der Waals surface area contributed by atoms with Crippen LogP contribution in [0.4, 0.5) is 0 Å². The summed E-state index contributed by atoms with van der Waals surface area (Å²) < 4.78 is 7.23. The Morgan fingerprint density at radius 2 is 1.73 bits per heavy atom. The number of aryl methyl sites for hydroxylation is 1. The molecule has 2 aliphatic heterocycles. The van der Waals surface area contributed by atoms with Gasteiger partial charge in [-0.3, -0.25) is 14.5 Å². The third kappa shape index (κ3) is 4.54. The first-order chi connectivity index (χ1) is 14.5. The van der Waals surface area contributed by atoms with Gasteiger partial charge < -0.3 is 18.8 Å². The Morgan fingerprint density at radius 3 is 2.40 bits per heavy atom. The van der Waals surface area contributed by atoms with Gasteiger partial charge in [-0.2, -0.15) is 0 Å². The number of aromatic nitrogens is 3. The van der Waals surface area contributed by atoms with Crippen LogP contribution in [0.5, 0.6) is 0 Å². The highest BCUT2D eigenvalue weighted by Crippen LogP contribution is 2.26. The van der Waals surface area contributed by atoms with E-state index in [0.717, 1.165) is 56.2 Å². The van der Waals surface area contributed by atoms with Gasteiger partial charge in [-0.25, -0.2) is 0 Å². The SMILES string of the molecule is Cc1occc1-c1nnc(SCC(=O)N2CCN(CC(=O)N3CCCC3)CC2)n1C. The molecule has 0 aliphatic carbocycles. The zero-order chi connectivity index (χ0) is 21.1. The van der Waals surface area contributed by atoms with E-state index < -0.39 is 0 Å². The smallest absolute Gasteiger partial charge is 0.236 e. The molecule has 0 unspecified atom stereocenters. The molecule has 9 nitrogen and oxygen atoms in total. The minimum absolute atomic E-state index is 0.0922. The average molecular weight is 433 g/mol. The van der Waals surface area contributed by atoms with Crippen LogP contribution in [0.25, 0.3) is 11.4 Å². The summed E-state index contributed by atoms with van der Waals surface area (Å²) in [4.78, 5) is 30.9. The summed E-state index contributed by atoms with van der Waals surface area (Å²) in [5.41, 5.74) is 0.905. The minimum atomic E-state index is 0.0922. The second-order valence-electron chi connectivity index (χ2n) is 7.79. The van der Waals surface area contributed by atoms with Crippen molar-refractivity contribution in [3.63, 3.8) is 0 Å². The van der Waals surface area contributed by atoms with E-state index in [0.29, 0.717) is 30.5 Å². The van der Waals surface area contributed by atoms with Crippen LogP contribution in [0.1, 0.15) is 18.6 Å². The summed E-state index contributed by atoms with van der Waals surface area (Å²) in [7, 11) is 1.89. The lowest BCUT2D eigenvalue weighted by molar-refractivity contribution is -0.133. The zero-order valence-corrected chi connectivity index (χ0v) is 18.4. The van der Waals surface area contributed by atoms with Gasteiger partial charge in [0.05, 0.1) is 24.1 Å². The number of hydrogen-bond donors (Lipinski definition) is 0. The Morgan fingerprint density at radius 1 is 1.03 bits per heavy atom. The van der Waals surface area contributed by atoms with Crippen molar-refractivity contribution in [3.8, 4) is 11.4 Å². The van der Waals surface area contributed by atoms with Gasteiger partial charge in [0.2, 0.25) is 11.8 Å². The summed E-state index contributed by atoms with van der Waals surface area (Å²) in [5, 5.41) is 9.17. The van der Waals surface area contributed by atoms with Crippen molar-refractivity contribution in [2.75, 3.05) is 51.6 Å². The molecule has 2 aromatic heterocycles. The van der Waals surface area contributed by atoms with E-state index >= 15 is 0 Å². The molecule has 4 heterocycles. The van der Waals surface area contributed by atoms with E-state index in [-0.39, 0.29) is 11.8 Å². The second-order valence-corrected chi connectivity index (χ2v) is 8.73. The number of thioether (sulfide) groups is 1. The standard InChI is InChI=1S/C20H28N6O3S/c1-15-16(5-12-29-15)19-21-22-20(23(19)2)30-14-18(28)26-10-8-24(9-11-26)13-17(27)25-6-3-4-7-25/h5,12H,3-4,6-11,13-14H2,1-2H3. The molecule has 0 aromatic carbocycles.